The van der Waals surface area contributed by atoms with Gasteiger partial charge in [0.25, 0.3) is 0 Å². The molecule has 4 rings (SSSR count). The molecule has 1 heterocycles. The maximum absolute atomic E-state index is 11.8. The predicted molar refractivity (Wildman–Crippen MR) is 124 cm³/mol. The van der Waals surface area contributed by atoms with Gasteiger partial charge < -0.3 is 15.2 Å². The van der Waals surface area contributed by atoms with Crippen LogP contribution in [0.25, 0.3) is 0 Å². The zero-order valence-corrected chi connectivity index (χ0v) is 18.9. The van der Waals surface area contributed by atoms with Crippen LogP contribution in [-0.2, 0) is 32.8 Å². The summed E-state index contributed by atoms with van der Waals surface area (Å²) in [4.78, 5) is 11.8. The molecule has 2 N–H and O–H groups in total. The first-order valence-corrected chi connectivity index (χ1v) is 11.3. The van der Waals surface area contributed by atoms with Crippen molar-refractivity contribution >= 4 is 23.4 Å². The molecular weight excluding hydrogens is 426 g/mol. The number of anilines is 1. The largest absolute Gasteiger partial charge is 0.466 e. The van der Waals surface area contributed by atoms with Gasteiger partial charge in [-0.25, -0.2) is 4.68 Å². The Kier molecular flexibility index (Phi) is 6.82. The minimum absolute atomic E-state index is 0.122. The topological polar surface area (TPSA) is 79.4 Å². The van der Waals surface area contributed by atoms with Gasteiger partial charge in [0.15, 0.2) is 0 Å². The summed E-state index contributed by atoms with van der Waals surface area (Å²) >= 11 is 6.13. The van der Waals surface area contributed by atoms with Gasteiger partial charge in [-0.3, -0.25) is 4.79 Å². The van der Waals surface area contributed by atoms with Crippen molar-refractivity contribution in [2.24, 2.45) is 0 Å². The van der Waals surface area contributed by atoms with Crippen molar-refractivity contribution in [3.63, 3.8) is 0 Å². The fraction of sp³-hybridized carbons (Fsp3) is 0.360. The van der Waals surface area contributed by atoms with E-state index in [4.69, 9.17) is 31.9 Å². The van der Waals surface area contributed by atoms with Gasteiger partial charge in [0, 0.05) is 16.5 Å². The highest BCUT2D eigenvalue weighted by molar-refractivity contribution is 6.30. The van der Waals surface area contributed by atoms with E-state index in [2.05, 4.69) is 12.1 Å². The third-order valence-corrected chi connectivity index (χ3v) is 6.26. The molecule has 0 bridgehead atoms. The number of nitrogens with two attached hydrogens (primary N) is 1. The number of halogens is 1. The second kappa shape index (κ2) is 9.76. The Morgan fingerprint density at radius 1 is 1.19 bits per heavy atom. The van der Waals surface area contributed by atoms with Crippen molar-refractivity contribution in [2.75, 3.05) is 12.3 Å². The van der Waals surface area contributed by atoms with E-state index in [1.807, 2.05) is 48.5 Å². The van der Waals surface area contributed by atoms with Crippen molar-refractivity contribution in [2.45, 2.75) is 50.9 Å². The third-order valence-electron chi connectivity index (χ3n) is 6.01. The quantitative estimate of drug-likeness (QED) is 0.473. The maximum atomic E-state index is 11.8. The van der Waals surface area contributed by atoms with Gasteiger partial charge in [0.05, 0.1) is 38.0 Å². The van der Waals surface area contributed by atoms with Crippen LogP contribution in [-0.4, -0.2) is 28.5 Å². The van der Waals surface area contributed by atoms with Crippen LogP contribution in [0.2, 0.25) is 5.02 Å². The Balaban J connectivity index is 1.52. The number of aryl methyl sites for hydroxylation is 1. The van der Waals surface area contributed by atoms with Crippen molar-refractivity contribution in [3.05, 3.63) is 82.5 Å². The Morgan fingerprint density at radius 3 is 2.59 bits per heavy atom. The molecule has 2 aromatic carbocycles. The zero-order chi connectivity index (χ0) is 22.6. The molecule has 168 valence electrons. The van der Waals surface area contributed by atoms with Gasteiger partial charge in [-0.15, -0.1) is 0 Å². The van der Waals surface area contributed by atoms with Crippen LogP contribution < -0.4 is 5.73 Å². The Morgan fingerprint density at radius 2 is 1.91 bits per heavy atom. The van der Waals surface area contributed by atoms with E-state index in [9.17, 15) is 4.79 Å². The van der Waals surface area contributed by atoms with E-state index < -0.39 is 0 Å². The van der Waals surface area contributed by atoms with Crippen LogP contribution in [0.5, 0.6) is 0 Å². The van der Waals surface area contributed by atoms with Gasteiger partial charge in [0.1, 0.15) is 5.82 Å². The average Bonchev–Trinajstić information content (AvgIpc) is 3.14. The number of nitrogens with zero attached hydrogens (tertiary/aromatic N) is 2. The van der Waals surface area contributed by atoms with Crippen LogP contribution in [0, 0.1) is 0 Å². The highest BCUT2D eigenvalue weighted by Gasteiger charge is 2.49. The maximum Gasteiger partial charge on any atom is 0.307 e. The highest BCUT2D eigenvalue weighted by Crippen LogP contribution is 2.50. The van der Waals surface area contributed by atoms with Crippen molar-refractivity contribution in [3.8, 4) is 0 Å². The number of nitrogen functional groups attached to an aromatic ring is 1. The van der Waals surface area contributed by atoms with Gasteiger partial charge in [0.2, 0.25) is 0 Å². The molecular formula is C25H28ClN3O3. The summed E-state index contributed by atoms with van der Waals surface area (Å²) in [5, 5.41) is 5.48. The Bertz CT molecular complexity index is 1040. The summed E-state index contributed by atoms with van der Waals surface area (Å²) in [6.07, 6.45) is 1.96. The smallest absolute Gasteiger partial charge is 0.307 e. The zero-order valence-electron chi connectivity index (χ0n) is 18.2. The summed E-state index contributed by atoms with van der Waals surface area (Å²) in [6, 6.07) is 20.0. The summed E-state index contributed by atoms with van der Waals surface area (Å²) in [5.74, 6) is 0.278. The molecule has 32 heavy (non-hydrogen) atoms. The van der Waals surface area contributed by atoms with Crippen LogP contribution >= 0.6 is 11.6 Å². The van der Waals surface area contributed by atoms with Crippen LogP contribution in [0.3, 0.4) is 0 Å². The molecule has 0 amide bonds. The summed E-state index contributed by atoms with van der Waals surface area (Å²) in [7, 11) is 0. The van der Waals surface area contributed by atoms with E-state index in [1.165, 1.54) is 0 Å². The van der Waals surface area contributed by atoms with Gasteiger partial charge >= 0.3 is 5.97 Å². The standard InChI is InChI=1S/C25H28ClN3O3/c1-2-31-24(30)12-13-29-23(27)14-22(28-29)25(19-8-10-20(26)11-9-19)15-21(16-25)32-17-18-6-4-3-5-7-18/h3-11,14,21H,2,12-13,15-17,27H2,1H3. The fourth-order valence-corrected chi connectivity index (χ4v) is 4.39. The lowest BCUT2D eigenvalue weighted by molar-refractivity contribution is -0.143. The average molecular weight is 454 g/mol. The number of carbonyl (C=O) groups is 1. The molecule has 0 spiro atoms. The molecule has 1 aliphatic rings. The van der Waals surface area contributed by atoms with Crippen LogP contribution in [0.15, 0.2) is 60.7 Å². The summed E-state index contributed by atoms with van der Waals surface area (Å²) in [6.45, 7) is 3.12. The highest BCUT2D eigenvalue weighted by atomic mass is 35.5. The summed E-state index contributed by atoms with van der Waals surface area (Å²) < 4.78 is 12.9. The van der Waals surface area contributed by atoms with E-state index in [1.54, 1.807) is 11.6 Å². The minimum atomic E-state index is -0.296. The van der Waals surface area contributed by atoms with E-state index in [-0.39, 0.29) is 23.9 Å². The van der Waals surface area contributed by atoms with Gasteiger partial charge in [-0.1, -0.05) is 54.1 Å². The third kappa shape index (κ3) is 4.81. The van der Waals surface area contributed by atoms with Crippen molar-refractivity contribution in [1.29, 1.82) is 0 Å². The number of carbonyl (C=O) groups excluding carboxylic acids is 1. The van der Waals surface area contributed by atoms with Crippen LogP contribution in [0.1, 0.15) is 43.0 Å². The lowest BCUT2D eigenvalue weighted by atomic mass is 9.61. The van der Waals surface area contributed by atoms with Gasteiger partial charge in [-0.2, -0.15) is 5.10 Å². The molecule has 0 aliphatic heterocycles. The fourth-order valence-electron chi connectivity index (χ4n) is 4.26. The minimum Gasteiger partial charge on any atom is -0.466 e. The molecule has 0 atom stereocenters. The SMILES string of the molecule is CCOC(=O)CCn1nc(C2(c3ccc(Cl)cc3)CC(OCc3ccccc3)C2)cc1N. The van der Waals surface area contributed by atoms with E-state index in [0.717, 1.165) is 29.7 Å². The van der Waals surface area contributed by atoms with Crippen LogP contribution in [0.4, 0.5) is 5.82 Å². The van der Waals surface area contributed by atoms with Gasteiger partial charge in [-0.05, 0) is 43.0 Å². The number of aromatic nitrogens is 2. The number of hydrogen-bond donors (Lipinski definition) is 1. The number of esters is 1. The molecule has 0 radical (unpaired) electrons. The first kappa shape index (κ1) is 22.4. The lowest BCUT2D eigenvalue weighted by Crippen LogP contribution is -2.47. The second-order valence-corrected chi connectivity index (χ2v) is 8.58. The van der Waals surface area contributed by atoms with Crippen molar-refractivity contribution < 1.29 is 14.3 Å². The molecule has 7 heteroatoms. The molecule has 1 aromatic heterocycles. The molecule has 1 aliphatic carbocycles. The lowest BCUT2D eigenvalue weighted by Gasteiger charge is -2.47. The predicted octanol–water partition coefficient (Wildman–Crippen LogP) is 4.74. The number of hydrogen-bond acceptors (Lipinski definition) is 5. The molecule has 0 saturated heterocycles. The first-order chi connectivity index (χ1) is 15.5. The number of ether oxygens (including phenoxy) is 2. The Labute approximate surface area is 193 Å². The van der Waals surface area contributed by atoms with Crippen molar-refractivity contribution in [1.82, 2.24) is 9.78 Å². The molecule has 6 nitrogen and oxygen atoms in total. The Hall–Kier alpha value is -2.83. The number of benzene rings is 2. The monoisotopic (exact) mass is 453 g/mol. The molecule has 1 saturated carbocycles. The number of rotatable bonds is 9. The molecule has 1 fully saturated rings. The second-order valence-electron chi connectivity index (χ2n) is 8.15. The van der Waals surface area contributed by atoms with E-state index >= 15 is 0 Å². The normalized spacial score (nSPS) is 20.0. The molecule has 0 unspecified atom stereocenters. The van der Waals surface area contributed by atoms with E-state index in [0.29, 0.717) is 30.6 Å². The first-order valence-electron chi connectivity index (χ1n) is 10.9. The molecule has 3 aromatic rings. The summed E-state index contributed by atoms with van der Waals surface area (Å²) in [5.41, 5.74) is 9.13.